The molecule has 0 aliphatic carbocycles. The monoisotopic (exact) mass is 414 g/mol. The van der Waals surface area contributed by atoms with Crippen molar-refractivity contribution in [2.45, 2.75) is 6.54 Å². The van der Waals surface area contributed by atoms with Gasteiger partial charge in [0.05, 0.1) is 6.33 Å². The van der Waals surface area contributed by atoms with Crippen molar-refractivity contribution in [3.63, 3.8) is 0 Å². The Morgan fingerprint density at radius 3 is 2.39 bits per heavy atom. The van der Waals surface area contributed by atoms with Crippen LogP contribution in [0, 0.1) is 5.82 Å². The van der Waals surface area contributed by atoms with Gasteiger partial charge in [0.2, 0.25) is 0 Å². The summed E-state index contributed by atoms with van der Waals surface area (Å²) >= 11 is 0. The molecule has 6 nitrogen and oxygen atoms in total. The summed E-state index contributed by atoms with van der Waals surface area (Å²) in [6.45, 7) is 0.370. The summed E-state index contributed by atoms with van der Waals surface area (Å²) in [4.78, 5) is 28.9. The number of aromatic nitrogens is 2. The molecule has 0 radical (unpaired) electrons. The van der Waals surface area contributed by atoms with E-state index in [1.807, 2.05) is 35.0 Å². The molecule has 154 valence electrons. The average Bonchev–Trinajstić information content (AvgIpc) is 3.33. The Hall–Kier alpha value is -4.26. The number of nitrogens with zero attached hydrogens (tertiary/aromatic N) is 2. The number of halogens is 1. The van der Waals surface area contributed by atoms with Crippen molar-refractivity contribution >= 4 is 17.5 Å². The normalized spacial score (nSPS) is 10.5. The lowest BCUT2D eigenvalue weighted by Crippen LogP contribution is -2.23. The molecule has 2 amide bonds. The van der Waals surface area contributed by atoms with Crippen LogP contribution in [-0.4, -0.2) is 21.4 Å². The number of hydrogen-bond donors (Lipinski definition) is 2. The lowest BCUT2D eigenvalue weighted by molar-refractivity contribution is 0.0949. The first-order chi connectivity index (χ1) is 15.1. The number of imidazole rings is 1. The Morgan fingerprint density at radius 1 is 0.903 bits per heavy atom. The molecule has 0 aliphatic heterocycles. The molecule has 0 spiro atoms. The maximum atomic E-state index is 13.0. The van der Waals surface area contributed by atoms with Crippen LogP contribution in [0.1, 0.15) is 26.3 Å². The Balaban J connectivity index is 1.36. The third-order valence-corrected chi connectivity index (χ3v) is 4.68. The fourth-order valence-corrected chi connectivity index (χ4v) is 3.02. The van der Waals surface area contributed by atoms with Crippen LogP contribution in [0.5, 0.6) is 0 Å². The quantitative estimate of drug-likeness (QED) is 0.497. The van der Waals surface area contributed by atoms with Crippen molar-refractivity contribution in [3.8, 4) is 5.69 Å². The van der Waals surface area contributed by atoms with Gasteiger partial charge in [-0.05, 0) is 60.2 Å². The first kappa shape index (κ1) is 20.0. The lowest BCUT2D eigenvalue weighted by Gasteiger charge is -2.09. The molecule has 0 atom stereocenters. The summed E-state index contributed by atoms with van der Waals surface area (Å²) in [5.74, 6) is -1.04. The van der Waals surface area contributed by atoms with Gasteiger partial charge in [-0.2, -0.15) is 0 Å². The van der Waals surface area contributed by atoms with Crippen LogP contribution in [0.4, 0.5) is 10.1 Å². The smallest absolute Gasteiger partial charge is 0.255 e. The molecule has 7 heteroatoms. The molecule has 1 aromatic heterocycles. The third-order valence-electron chi connectivity index (χ3n) is 4.68. The number of amides is 2. The van der Waals surface area contributed by atoms with Crippen LogP contribution in [0.15, 0.2) is 91.5 Å². The van der Waals surface area contributed by atoms with Crippen molar-refractivity contribution in [1.29, 1.82) is 0 Å². The minimum Gasteiger partial charge on any atom is -0.348 e. The zero-order chi connectivity index (χ0) is 21.6. The van der Waals surface area contributed by atoms with Crippen LogP contribution in [-0.2, 0) is 6.54 Å². The van der Waals surface area contributed by atoms with E-state index in [0.29, 0.717) is 23.4 Å². The predicted molar refractivity (Wildman–Crippen MR) is 116 cm³/mol. The van der Waals surface area contributed by atoms with Gasteiger partial charge in [-0.15, -0.1) is 0 Å². The molecule has 0 fully saturated rings. The highest BCUT2D eigenvalue weighted by molar-refractivity contribution is 6.05. The molecular weight excluding hydrogens is 395 g/mol. The Morgan fingerprint density at radius 2 is 1.68 bits per heavy atom. The second-order valence-electron chi connectivity index (χ2n) is 6.86. The number of rotatable bonds is 6. The van der Waals surface area contributed by atoms with E-state index in [-0.39, 0.29) is 11.8 Å². The van der Waals surface area contributed by atoms with Crippen molar-refractivity contribution in [2.75, 3.05) is 5.32 Å². The van der Waals surface area contributed by atoms with E-state index in [2.05, 4.69) is 15.6 Å². The molecule has 3 aromatic carbocycles. The third kappa shape index (κ3) is 5.02. The van der Waals surface area contributed by atoms with Gasteiger partial charge in [0.15, 0.2) is 0 Å². The Bertz CT molecular complexity index is 1190. The Kier molecular flexibility index (Phi) is 5.84. The largest absolute Gasteiger partial charge is 0.348 e. The summed E-state index contributed by atoms with van der Waals surface area (Å²) < 4.78 is 14.9. The zero-order valence-corrected chi connectivity index (χ0v) is 16.5. The van der Waals surface area contributed by atoms with Crippen LogP contribution in [0.2, 0.25) is 0 Å². The number of hydrogen-bond acceptors (Lipinski definition) is 3. The summed E-state index contributed by atoms with van der Waals surface area (Å²) in [6, 6.07) is 19.7. The van der Waals surface area contributed by atoms with Crippen LogP contribution in [0.25, 0.3) is 5.69 Å². The number of benzene rings is 3. The highest BCUT2D eigenvalue weighted by Gasteiger charge is 2.10. The SMILES string of the molecule is O=C(NCc1ccc(-n2ccnc2)cc1)c1cccc(NC(=O)c2ccc(F)cc2)c1. The maximum Gasteiger partial charge on any atom is 0.255 e. The molecule has 0 saturated heterocycles. The highest BCUT2D eigenvalue weighted by Crippen LogP contribution is 2.14. The number of anilines is 1. The van der Waals surface area contributed by atoms with E-state index in [9.17, 15) is 14.0 Å². The zero-order valence-electron chi connectivity index (χ0n) is 16.5. The van der Waals surface area contributed by atoms with E-state index >= 15 is 0 Å². The lowest BCUT2D eigenvalue weighted by atomic mass is 10.1. The molecular formula is C24H19FN4O2. The van der Waals surface area contributed by atoms with Gasteiger partial charge < -0.3 is 15.2 Å². The molecule has 0 saturated carbocycles. The summed E-state index contributed by atoms with van der Waals surface area (Å²) in [5.41, 5.74) is 3.17. The van der Waals surface area contributed by atoms with E-state index in [4.69, 9.17) is 0 Å². The first-order valence-electron chi connectivity index (χ1n) is 9.61. The molecule has 2 N–H and O–H groups in total. The second-order valence-corrected chi connectivity index (χ2v) is 6.86. The standard InChI is InChI=1S/C24H19FN4O2/c25-20-8-6-18(7-9-20)24(31)28-21-3-1-2-19(14-21)23(30)27-15-17-4-10-22(11-5-17)29-13-12-26-16-29/h1-14,16H,15H2,(H,27,30)(H,28,31). The summed E-state index contributed by atoms with van der Waals surface area (Å²) in [5, 5.41) is 5.59. The summed E-state index contributed by atoms with van der Waals surface area (Å²) in [7, 11) is 0. The molecule has 31 heavy (non-hydrogen) atoms. The van der Waals surface area contributed by atoms with Crippen LogP contribution in [0.3, 0.4) is 0 Å². The van der Waals surface area contributed by atoms with Gasteiger partial charge in [-0.3, -0.25) is 9.59 Å². The fourth-order valence-electron chi connectivity index (χ4n) is 3.02. The number of nitrogens with one attached hydrogen (secondary N) is 2. The highest BCUT2D eigenvalue weighted by atomic mass is 19.1. The van der Waals surface area contributed by atoms with E-state index in [1.54, 1.807) is 36.8 Å². The van der Waals surface area contributed by atoms with Gasteiger partial charge in [-0.25, -0.2) is 9.37 Å². The second kappa shape index (κ2) is 9.04. The van der Waals surface area contributed by atoms with Gasteiger partial charge in [0, 0.05) is 41.4 Å². The fraction of sp³-hybridized carbons (Fsp3) is 0.0417. The predicted octanol–water partition coefficient (Wildman–Crippen LogP) is 4.19. The first-order valence-corrected chi connectivity index (χ1v) is 9.61. The van der Waals surface area contributed by atoms with Gasteiger partial charge in [-0.1, -0.05) is 18.2 Å². The molecule has 0 bridgehead atoms. The number of carbonyl (C=O) groups is 2. The van der Waals surface area contributed by atoms with Crippen molar-refractivity contribution in [3.05, 3.63) is 114 Å². The maximum absolute atomic E-state index is 13.0. The summed E-state index contributed by atoms with van der Waals surface area (Å²) in [6.07, 6.45) is 5.29. The topological polar surface area (TPSA) is 76.0 Å². The van der Waals surface area contributed by atoms with Crippen LogP contribution < -0.4 is 10.6 Å². The minimum atomic E-state index is -0.411. The van der Waals surface area contributed by atoms with E-state index < -0.39 is 5.82 Å². The Labute approximate surface area is 178 Å². The molecule has 4 aromatic rings. The minimum absolute atomic E-state index is 0.253. The molecule has 0 unspecified atom stereocenters. The molecule has 1 heterocycles. The van der Waals surface area contributed by atoms with Crippen molar-refractivity contribution < 1.29 is 14.0 Å². The van der Waals surface area contributed by atoms with Gasteiger partial charge in [0.25, 0.3) is 11.8 Å². The van der Waals surface area contributed by atoms with E-state index in [0.717, 1.165) is 11.3 Å². The van der Waals surface area contributed by atoms with Crippen molar-refractivity contribution in [1.82, 2.24) is 14.9 Å². The average molecular weight is 414 g/mol. The van der Waals surface area contributed by atoms with E-state index in [1.165, 1.54) is 24.3 Å². The molecule has 4 rings (SSSR count). The van der Waals surface area contributed by atoms with Gasteiger partial charge in [0.1, 0.15) is 5.82 Å². The molecule has 0 aliphatic rings. The van der Waals surface area contributed by atoms with Crippen molar-refractivity contribution in [2.24, 2.45) is 0 Å². The number of carbonyl (C=O) groups excluding carboxylic acids is 2. The van der Waals surface area contributed by atoms with Crippen LogP contribution >= 0.6 is 0 Å². The van der Waals surface area contributed by atoms with Gasteiger partial charge >= 0.3 is 0 Å².